The molecule has 0 saturated heterocycles. The molecule has 1 aromatic carbocycles. The molecule has 122 valence electrons. The number of fused-ring (bicyclic) bond motifs is 1. The Bertz CT molecular complexity index is 885. The molecule has 3 aromatic rings. The van der Waals surface area contributed by atoms with Crippen LogP contribution in [0.5, 0.6) is 0 Å². The van der Waals surface area contributed by atoms with Gasteiger partial charge in [0.1, 0.15) is 0 Å². The van der Waals surface area contributed by atoms with Crippen LogP contribution < -0.4 is 0 Å². The fraction of sp³-hybridized carbons (Fsp3) is 0.211. The molecule has 0 unspecified atom stereocenters. The smallest absolute Gasteiger partial charge is 0.246 e. The van der Waals surface area contributed by atoms with Crippen molar-refractivity contribution in [2.24, 2.45) is 0 Å². The molecule has 0 radical (unpaired) electrons. The summed E-state index contributed by atoms with van der Waals surface area (Å²) in [6.07, 6.45) is 3.35. The number of aryl methyl sites for hydroxylation is 1. The van der Waals surface area contributed by atoms with Crippen LogP contribution in [0.2, 0.25) is 0 Å². The number of nitrogens with zero attached hydrogens (tertiary/aromatic N) is 3. The minimum atomic E-state index is -0.0295. The fourth-order valence-electron chi connectivity index (χ4n) is 2.46. The number of hydrogen-bond acceptors (Lipinski definition) is 4. The molecule has 2 aromatic heterocycles. The topological polar surface area (TPSA) is 46.1 Å². The van der Waals surface area contributed by atoms with Crippen LogP contribution in [0.3, 0.4) is 0 Å². The zero-order valence-corrected chi connectivity index (χ0v) is 14.6. The van der Waals surface area contributed by atoms with Gasteiger partial charge in [-0.05, 0) is 32.1 Å². The first-order chi connectivity index (χ1) is 11.7. The first-order valence-corrected chi connectivity index (χ1v) is 8.77. The van der Waals surface area contributed by atoms with E-state index in [0.717, 1.165) is 27.3 Å². The second-order valence-electron chi connectivity index (χ2n) is 5.47. The maximum absolute atomic E-state index is 12.4. The number of likely N-dealkylation sites (N-methyl/N-ethyl adjacent to an activating group) is 1. The van der Waals surface area contributed by atoms with E-state index in [1.807, 2.05) is 55.6 Å². The first-order valence-electron chi connectivity index (χ1n) is 7.89. The Morgan fingerprint density at radius 3 is 2.79 bits per heavy atom. The molecule has 2 heterocycles. The largest absolute Gasteiger partial charge is 0.334 e. The van der Waals surface area contributed by atoms with Crippen molar-refractivity contribution in [2.45, 2.75) is 20.4 Å². The van der Waals surface area contributed by atoms with Gasteiger partial charge in [0.2, 0.25) is 5.91 Å². The zero-order chi connectivity index (χ0) is 16.9. The van der Waals surface area contributed by atoms with Crippen molar-refractivity contribution in [3.8, 4) is 0 Å². The van der Waals surface area contributed by atoms with E-state index in [0.29, 0.717) is 13.1 Å². The molecule has 0 spiro atoms. The molecule has 0 aliphatic rings. The second kappa shape index (κ2) is 7.36. The average Bonchev–Trinajstić information content (AvgIpc) is 3.02. The van der Waals surface area contributed by atoms with Crippen molar-refractivity contribution in [1.29, 1.82) is 0 Å². The standard InChI is InChI=1S/C19H19N3OS/c1-3-22(19(23)11-10-17-13-24-14(2)20-17)12-16-9-8-15-6-4-5-7-18(15)21-16/h4-11,13H,3,12H2,1-2H3/b11-10-. The predicted molar refractivity (Wildman–Crippen MR) is 98.7 cm³/mol. The summed E-state index contributed by atoms with van der Waals surface area (Å²) in [4.78, 5) is 23.2. The molecular formula is C19H19N3OS. The van der Waals surface area contributed by atoms with E-state index in [1.165, 1.54) is 0 Å². The van der Waals surface area contributed by atoms with Crippen LogP contribution in [0.25, 0.3) is 17.0 Å². The van der Waals surface area contributed by atoms with Crippen molar-refractivity contribution in [1.82, 2.24) is 14.9 Å². The van der Waals surface area contributed by atoms with Crippen molar-refractivity contribution in [3.63, 3.8) is 0 Å². The molecule has 0 N–H and O–H groups in total. The average molecular weight is 337 g/mol. The number of rotatable bonds is 5. The molecule has 0 aliphatic heterocycles. The molecule has 0 saturated carbocycles. The lowest BCUT2D eigenvalue weighted by Gasteiger charge is -2.18. The van der Waals surface area contributed by atoms with Crippen LogP contribution >= 0.6 is 11.3 Å². The third-order valence-corrected chi connectivity index (χ3v) is 4.53. The van der Waals surface area contributed by atoms with Crippen LogP contribution in [-0.4, -0.2) is 27.3 Å². The Labute approximate surface area is 145 Å². The number of carbonyl (C=O) groups is 1. The summed E-state index contributed by atoms with van der Waals surface area (Å²) in [5.41, 5.74) is 2.67. The number of aromatic nitrogens is 2. The molecular weight excluding hydrogens is 318 g/mol. The molecule has 3 rings (SSSR count). The van der Waals surface area contributed by atoms with E-state index < -0.39 is 0 Å². The molecule has 4 nitrogen and oxygen atoms in total. The Morgan fingerprint density at radius 1 is 1.21 bits per heavy atom. The van der Waals surface area contributed by atoms with Gasteiger partial charge in [-0.1, -0.05) is 24.3 Å². The van der Waals surface area contributed by atoms with Crippen molar-refractivity contribution in [2.75, 3.05) is 6.54 Å². The number of para-hydroxylation sites is 1. The number of pyridine rings is 1. The molecule has 0 bridgehead atoms. The highest BCUT2D eigenvalue weighted by Crippen LogP contribution is 2.14. The lowest BCUT2D eigenvalue weighted by molar-refractivity contribution is -0.126. The van der Waals surface area contributed by atoms with Gasteiger partial charge in [0.15, 0.2) is 0 Å². The van der Waals surface area contributed by atoms with E-state index in [9.17, 15) is 4.79 Å². The number of thiazole rings is 1. The monoisotopic (exact) mass is 337 g/mol. The lowest BCUT2D eigenvalue weighted by Crippen LogP contribution is -2.29. The third kappa shape index (κ3) is 3.86. The lowest BCUT2D eigenvalue weighted by atomic mass is 10.2. The Hall–Kier alpha value is -2.53. The third-order valence-electron chi connectivity index (χ3n) is 3.74. The number of benzene rings is 1. The van der Waals surface area contributed by atoms with Crippen LogP contribution in [-0.2, 0) is 11.3 Å². The van der Waals surface area contributed by atoms with Gasteiger partial charge >= 0.3 is 0 Å². The van der Waals surface area contributed by atoms with Gasteiger partial charge in [-0.25, -0.2) is 4.98 Å². The molecule has 1 amide bonds. The number of carbonyl (C=O) groups excluding carboxylic acids is 1. The van der Waals surface area contributed by atoms with Crippen molar-refractivity contribution >= 4 is 34.2 Å². The quantitative estimate of drug-likeness (QED) is 0.660. The van der Waals surface area contributed by atoms with Crippen LogP contribution in [0.1, 0.15) is 23.3 Å². The SMILES string of the molecule is CCN(Cc1ccc2ccccc2n1)C(=O)/C=C\c1csc(C)n1. The van der Waals surface area contributed by atoms with Gasteiger partial charge < -0.3 is 4.90 Å². The van der Waals surface area contributed by atoms with Crippen LogP contribution in [0.4, 0.5) is 0 Å². The summed E-state index contributed by atoms with van der Waals surface area (Å²) in [5, 5.41) is 4.05. The van der Waals surface area contributed by atoms with E-state index in [2.05, 4.69) is 9.97 Å². The van der Waals surface area contributed by atoms with Gasteiger partial charge in [-0.2, -0.15) is 0 Å². The molecule has 0 atom stereocenters. The normalized spacial score (nSPS) is 11.2. The van der Waals surface area contributed by atoms with Gasteiger partial charge in [0, 0.05) is 23.4 Å². The summed E-state index contributed by atoms with van der Waals surface area (Å²) in [6, 6.07) is 12.0. The van der Waals surface area contributed by atoms with Crippen molar-refractivity contribution < 1.29 is 4.79 Å². The van der Waals surface area contributed by atoms with Crippen molar-refractivity contribution in [3.05, 3.63) is 64.2 Å². The van der Waals surface area contributed by atoms with Crippen LogP contribution in [0.15, 0.2) is 47.9 Å². The van der Waals surface area contributed by atoms with E-state index in [4.69, 9.17) is 0 Å². The fourth-order valence-corrected chi connectivity index (χ4v) is 3.04. The van der Waals surface area contributed by atoms with Crippen LogP contribution in [0, 0.1) is 6.92 Å². The molecule has 0 aliphatic carbocycles. The number of amides is 1. The van der Waals surface area contributed by atoms with Gasteiger partial charge in [-0.3, -0.25) is 9.78 Å². The number of hydrogen-bond donors (Lipinski definition) is 0. The summed E-state index contributed by atoms with van der Waals surface area (Å²) in [6.45, 7) is 5.06. The Kier molecular flexibility index (Phi) is 5.01. The zero-order valence-electron chi connectivity index (χ0n) is 13.8. The van der Waals surface area contributed by atoms with E-state index in [-0.39, 0.29) is 5.91 Å². The summed E-state index contributed by atoms with van der Waals surface area (Å²) in [5.74, 6) is -0.0295. The molecule has 5 heteroatoms. The minimum absolute atomic E-state index is 0.0295. The highest BCUT2D eigenvalue weighted by Gasteiger charge is 2.10. The van der Waals surface area contributed by atoms with E-state index in [1.54, 1.807) is 28.4 Å². The van der Waals surface area contributed by atoms with Gasteiger partial charge in [0.25, 0.3) is 0 Å². The second-order valence-corrected chi connectivity index (χ2v) is 6.53. The molecule has 24 heavy (non-hydrogen) atoms. The maximum atomic E-state index is 12.4. The maximum Gasteiger partial charge on any atom is 0.246 e. The Balaban J connectivity index is 1.72. The minimum Gasteiger partial charge on any atom is -0.334 e. The van der Waals surface area contributed by atoms with Gasteiger partial charge in [0.05, 0.1) is 28.5 Å². The highest BCUT2D eigenvalue weighted by molar-refractivity contribution is 7.09. The Morgan fingerprint density at radius 2 is 2.04 bits per heavy atom. The molecule has 0 fully saturated rings. The predicted octanol–water partition coefficient (Wildman–Crippen LogP) is 4.06. The highest BCUT2D eigenvalue weighted by atomic mass is 32.1. The van der Waals surface area contributed by atoms with Gasteiger partial charge in [-0.15, -0.1) is 11.3 Å². The summed E-state index contributed by atoms with van der Waals surface area (Å²) < 4.78 is 0. The summed E-state index contributed by atoms with van der Waals surface area (Å²) in [7, 11) is 0. The van der Waals surface area contributed by atoms with E-state index >= 15 is 0 Å². The summed E-state index contributed by atoms with van der Waals surface area (Å²) >= 11 is 1.58. The first kappa shape index (κ1) is 16.3.